The van der Waals surface area contributed by atoms with Crippen LogP contribution in [0.2, 0.25) is 0 Å². The van der Waals surface area contributed by atoms with Crippen LogP contribution in [0.3, 0.4) is 0 Å². The van der Waals surface area contributed by atoms with Crippen molar-refractivity contribution in [2.24, 2.45) is 0 Å². The number of nitrogens with zero attached hydrogens (tertiary/aromatic N) is 2. The number of aliphatic carboxylic acids is 1. The summed E-state index contributed by atoms with van der Waals surface area (Å²) in [5.41, 5.74) is 0. The van der Waals surface area contributed by atoms with Gasteiger partial charge in [0.1, 0.15) is 12.6 Å². The third-order valence-electron chi connectivity index (χ3n) is 3.69. The lowest BCUT2D eigenvalue weighted by molar-refractivity contribution is -0.146. The van der Waals surface area contributed by atoms with Gasteiger partial charge in [-0.3, -0.25) is 9.59 Å². The van der Waals surface area contributed by atoms with Crippen LogP contribution in [0.4, 0.5) is 0 Å². The zero-order chi connectivity index (χ0) is 16.8. The van der Waals surface area contributed by atoms with Gasteiger partial charge in [-0.15, -0.1) is 0 Å². The summed E-state index contributed by atoms with van der Waals surface area (Å²) in [6, 6.07) is -0.754. The van der Waals surface area contributed by atoms with Crippen LogP contribution in [0.1, 0.15) is 46.0 Å². The molecule has 22 heavy (non-hydrogen) atoms. The number of piperidine rings is 1. The maximum atomic E-state index is 12.6. The average Bonchev–Trinajstić information content (AvgIpc) is 2.45. The van der Waals surface area contributed by atoms with Crippen LogP contribution in [0.25, 0.3) is 0 Å². The van der Waals surface area contributed by atoms with Crippen LogP contribution in [-0.4, -0.2) is 66.0 Å². The first-order chi connectivity index (χ1) is 10.3. The Labute approximate surface area is 132 Å². The van der Waals surface area contributed by atoms with E-state index in [0.717, 1.165) is 12.8 Å². The summed E-state index contributed by atoms with van der Waals surface area (Å²) in [6.45, 7) is 3.92. The second-order valence-corrected chi connectivity index (χ2v) is 7.63. The molecule has 0 radical (unpaired) electrons. The van der Waals surface area contributed by atoms with Gasteiger partial charge >= 0.3 is 5.97 Å². The van der Waals surface area contributed by atoms with E-state index in [1.165, 1.54) is 9.21 Å². The highest BCUT2D eigenvalue weighted by atomic mass is 32.2. The molecule has 1 unspecified atom stereocenters. The zero-order valence-corrected chi connectivity index (χ0v) is 14.1. The molecule has 0 aromatic rings. The van der Waals surface area contributed by atoms with Crippen LogP contribution in [0.5, 0.6) is 0 Å². The molecule has 1 atom stereocenters. The van der Waals surface area contributed by atoms with E-state index in [4.69, 9.17) is 5.11 Å². The summed E-state index contributed by atoms with van der Waals surface area (Å²) >= 11 is 0. The van der Waals surface area contributed by atoms with E-state index in [-0.39, 0.29) is 18.2 Å². The highest BCUT2D eigenvalue weighted by Gasteiger charge is 2.38. The van der Waals surface area contributed by atoms with E-state index in [1.54, 1.807) is 6.92 Å². The highest BCUT2D eigenvalue weighted by Crippen LogP contribution is 2.23. The number of carbonyl (C=O) groups excluding carboxylic acids is 1. The topological polar surface area (TPSA) is 95.0 Å². The van der Waals surface area contributed by atoms with Gasteiger partial charge in [0, 0.05) is 13.1 Å². The van der Waals surface area contributed by atoms with Crippen LogP contribution < -0.4 is 0 Å². The number of carboxylic acids is 1. The molecule has 1 saturated heterocycles. The molecule has 7 nitrogen and oxygen atoms in total. The van der Waals surface area contributed by atoms with E-state index < -0.39 is 22.0 Å². The lowest BCUT2D eigenvalue weighted by atomic mass is 10.0. The van der Waals surface area contributed by atoms with Gasteiger partial charge in [-0.2, -0.15) is 4.31 Å². The van der Waals surface area contributed by atoms with Gasteiger partial charge in [0.15, 0.2) is 0 Å². The van der Waals surface area contributed by atoms with E-state index in [2.05, 4.69) is 0 Å². The Hall–Kier alpha value is -1.15. The van der Waals surface area contributed by atoms with Crippen molar-refractivity contribution in [2.45, 2.75) is 52.0 Å². The minimum Gasteiger partial charge on any atom is -0.480 e. The monoisotopic (exact) mass is 334 g/mol. The number of hydrogen-bond acceptors (Lipinski definition) is 4. The van der Waals surface area contributed by atoms with E-state index in [0.29, 0.717) is 32.4 Å². The molecular weight excluding hydrogens is 308 g/mol. The van der Waals surface area contributed by atoms with Gasteiger partial charge in [-0.05, 0) is 25.7 Å². The first-order valence-corrected chi connectivity index (χ1v) is 9.44. The van der Waals surface area contributed by atoms with Crippen molar-refractivity contribution in [3.8, 4) is 0 Å². The first kappa shape index (κ1) is 18.9. The summed E-state index contributed by atoms with van der Waals surface area (Å²) in [4.78, 5) is 24.8. The average molecular weight is 334 g/mol. The molecule has 128 valence electrons. The number of amides is 1. The van der Waals surface area contributed by atoms with Crippen molar-refractivity contribution in [3.63, 3.8) is 0 Å². The lowest BCUT2D eigenvalue weighted by Gasteiger charge is -2.36. The predicted octanol–water partition coefficient (Wildman–Crippen LogP) is 0.904. The Bertz CT molecular complexity index is 491. The highest BCUT2D eigenvalue weighted by molar-refractivity contribution is 7.89. The third-order valence-corrected chi connectivity index (χ3v) is 5.77. The quantitative estimate of drug-likeness (QED) is 0.712. The van der Waals surface area contributed by atoms with Crippen LogP contribution in [0.15, 0.2) is 0 Å². The van der Waals surface area contributed by atoms with Gasteiger partial charge < -0.3 is 10.0 Å². The van der Waals surface area contributed by atoms with Crippen molar-refractivity contribution in [3.05, 3.63) is 0 Å². The summed E-state index contributed by atoms with van der Waals surface area (Å²) in [5.74, 6) is -1.45. The first-order valence-electron chi connectivity index (χ1n) is 7.83. The van der Waals surface area contributed by atoms with Gasteiger partial charge in [0.25, 0.3) is 0 Å². The van der Waals surface area contributed by atoms with Crippen LogP contribution in [-0.2, 0) is 19.6 Å². The second-order valence-electron chi connectivity index (χ2n) is 5.59. The molecular formula is C14H26N2O5S. The molecule has 1 N–H and O–H groups in total. The fourth-order valence-electron chi connectivity index (χ4n) is 2.77. The molecule has 1 aliphatic rings. The Balaban J connectivity index is 2.97. The van der Waals surface area contributed by atoms with E-state index in [1.807, 2.05) is 6.92 Å². The maximum absolute atomic E-state index is 12.6. The standard InChI is InChI=1S/C14H26N2O5S/c1-3-8-15(11-13(17)18)14(19)12-7-5-6-9-16(12)22(20,21)10-4-2/h12H,3-11H2,1-2H3,(H,17,18). The predicted molar refractivity (Wildman–Crippen MR) is 82.9 cm³/mol. The summed E-state index contributed by atoms with van der Waals surface area (Å²) in [7, 11) is -3.47. The Morgan fingerprint density at radius 3 is 2.45 bits per heavy atom. The molecule has 0 saturated carbocycles. The number of carbonyl (C=O) groups is 2. The molecule has 0 aromatic carbocycles. The molecule has 1 fully saturated rings. The number of hydrogen-bond donors (Lipinski definition) is 1. The van der Waals surface area contributed by atoms with E-state index in [9.17, 15) is 18.0 Å². The van der Waals surface area contributed by atoms with Gasteiger partial charge in [0.2, 0.25) is 15.9 Å². The fraction of sp³-hybridized carbons (Fsp3) is 0.857. The molecule has 0 aromatic heterocycles. The number of sulfonamides is 1. The molecule has 1 rings (SSSR count). The molecule has 0 spiro atoms. The van der Waals surface area contributed by atoms with E-state index >= 15 is 0 Å². The van der Waals surface area contributed by atoms with Crippen molar-refractivity contribution in [2.75, 3.05) is 25.4 Å². The summed E-state index contributed by atoms with van der Waals surface area (Å²) < 4.78 is 26.0. The minimum absolute atomic E-state index is 0.0173. The lowest BCUT2D eigenvalue weighted by Crippen LogP contribution is -2.54. The summed E-state index contributed by atoms with van der Waals surface area (Å²) in [6.07, 6.45) is 3.10. The molecule has 0 bridgehead atoms. The molecule has 1 heterocycles. The number of rotatable bonds is 8. The molecule has 0 aliphatic carbocycles. The molecule has 8 heteroatoms. The largest absolute Gasteiger partial charge is 0.480 e. The number of carboxylic acid groups (broad SMARTS) is 1. The van der Waals surface area contributed by atoms with Gasteiger partial charge in [-0.25, -0.2) is 8.42 Å². The zero-order valence-electron chi connectivity index (χ0n) is 13.3. The maximum Gasteiger partial charge on any atom is 0.323 e. The second kappa shape index (κ2) is 8.47. The molecule has 1 amide bonds. The van der Waals surface area contributed by atoms with Gasteiger partial charge in [-0.1, -0.05) is 20.3 Å². The Kier molecular flexibility index (Phi) is 7.28. The fourth-order valence-corrected chi connectivity index (χ4v) is 4.51. The minimum atomic E-state index is -3.47. The smallest absolute Gasteiger partial charge is 0.323 e. The Morgan fingerprint density at radius 1 is 1.23 bits per heavy atom. The SMILES string of the molecule is CCCN(CC(=O)O)C(=O)C1CCCCN1S(=O)(=O)CCC. The van der Waals surface area contributed by atoms with Crippen molar-refractivity contribution in [1.82, 2.24) is 9.21 Å². The normalized spacial score (nSPS) is 19.8. The van der Waals surface area contributed by atoms with Crippen LogP contribution in [0, 0.1) is 0 Å². The third kappa shape index (κ3) is 4.95. The van der Waals surface area contributed by atoms with Gasteiger partial charge in [0.05, 0.1) is 5.75 Å². The van der Waals surface area contributed by atoms with Crippen molar-refractivity contribution in [1.29, 1.82) is 0 Å². The van der Waals surface area contributed by atoms with Crippen molar-refractivity contribution >= 4 is 21.9 Å². The summed E-state index contributed by atoms with van der Waals surface area (Å²) in [5, 5.41) is 8.94. The van der Waals surface area contributed by atoms with Crippen LogP contribution >= 0.6 is 0 Å². The Morgan fingerprint density at radius 2 is 1.91 bits per heavy atom. The molecule has 1 aliphatic heterocycles. The van der Waals surface area contributed by atoms with Crippen molar-refractivity contribution < 1.29 is 23.1 Å².